The highest BCUT2D eigenvalue weighted by Gasteiger charge is 2.23. The number of aromatic nitrogens is 4. The van der Waals surface area contributed by atoms with Gasteiger partial charge in [-0.2, -0.15) is 8.78 Å². The van der Waals surface area contributed by atoms with Gasteiger partial charge in [0.1, 0.15) is 5.82 Å². The van der Waals surface area contributed by atoms with E-state index in [0.29, 0.717) is 26.3 Å². The minimum atomic E-state index is -2.64. The monoisotopic (exact) mass is 327 g/mol. The van der Waals surface area contributed by atoms with E-state index in [9.17, 15) is 8.78 Å². The summed E-state index contributed by atoms with van der Waals surface area (Å²) in [4.78, 5) is 4.32. The molecule has 9 heteroatoms. The molecule has 21 heavy (non-hydrogen) atoms. The number of rotatable bonds is 4. The summed E-state index contributed by atoms with van der Waals surface area (Å²) in [6.45, 7) is -0.836. The van der Waals surface area contributed by atoms with E-state index in [4.69, 9.17) is 5.73 Å². The van der Waals surface area contributed by atoms with E-state index in [-0.39, 0.29) is 5.25 Å². The van der Waals surface area contributed by atoms with Crippen LogP contribution >= 0.6 is 23.1 Å². The molecule has 1 atom stereocenters. The molecule has 2 heterocycles. The van der Waals surface area contributed by atoms with Gasteiger partial charge in [-0.15, -0.1) is 10.2 Å². The zero-order valence-corrected chi connectivity index (χ0v) is 12.5. The molecule has 0 spiro atoms. The fraction of sp³-hybridized carbons (Fsp3) is 0.250. The summed E-state index contributed by atoms with van der Waals surface area (Å²) in [6.07, 6.45) is 0. The Hall–Kier alpha value is -1.74. The Kier molecular flexibility index (Phi) is 3.77. The molecule has 110 valence electrons. The SMILES string of the molecule is C[C@H](Sc1nnc(N)s1)c1nc2ccccc2n1C(F)F. The molecule has 0 aliphatic carbocycles. The van der Waals surface area contributed by atoms with Gasteiger partial charge >= 0.3 is 6.55 Å². The van der Waals surface area contributed by atoms with Crippen molar-refractivity contribution in [2.24, 2.45) is 0 Å². The number of hydrogen-bond donors (Lipinski definition) is 1. The molecule has 0 saturated carbocycles. The van der Waals surface area contributed by atoms with Crippen LogP contribution in [0, 0.1) is 0 Å². The normalized spacial score (nSPS) is 13.1. The smallest absolute Gasteiger partial charge is 0.320 e. The summed E-state index contributed by atoms with van der Waals surface area (Å²) in [7, 11) is 0. The molecule has 0 bridgehead atoms. The van der Waals surface area contributed by atoms with Gasteiger partial charge in [0.25, 0.3) is 0 Å². The number of imidazole rings is 1. The molecule has 0 saturated heterocycles. The highest BCUT2D eigenvalue weighted by Crippen LogP contribution is 2.38. The van der Waals surface area contributed by atoms with Crippen molar-refractivity contribution in [3.63, 3.8) is 0 Å². The van der Waals surface area contributed by atoms with Crippen molar-refractivity contribution in [2.45, 2.75) is 23.1 Å². The molecule has 3 aromatic rings. The number of alkyl halides is 2. The molecule has 2 N–H and O–H groups in total. The number of benzene rings is 1. The Morgan fingerprint density at radius 1 is 1.29 bits per heavy atom. The molecule has 0 aliphatic rings. The summed E-state index contributed by atoms with van der Waals surface area (Å²) in [5.74, 6) is 0.310. The van der Waals surface area contributed by atoms with Crippen LogP contribution in [0.4, 0.5) is 13.9 Å². The van der Waals surface area contributed by atoms with E-state index in [1.165, 1.54) is 23.1 Å². The van der Waals surface area contributed by atoms with Gasteiger partial charge in [0, 0.05) is 0 Å². The standard InChI is InChI=1S/C12H11F2N5S2/c1-6(20-12-18-17-11(15)21-12)9-16-7-4-2-3-5-8(7)19(9)10(13)14/h2-6,10H,1H3,(H2,15,17)/t6-/m0/s1. The van der Waals surface area contributed by atoms with Crippen molar-refractivity contribution in [3.8, 4) is 0 Å². The fourth-order valence-corrected chi connectivity index (χ4v) is 3.91. The number of halogens is 2. The summed E-state index contributed by atoms with van der Waals surface area (Å²) < 4.78 is 28.3. The van der Waals surface area contributed by atoms with Crippen LogP contribution in [0.15, 0.2) is 28.6 Å². The van der Waals surface area contributed by atoms with Gasteiger partial charge in [-0.05, 0) is 19.1 Å². The Bertz CT molecular complexity index is 770. The maximum Gasteiger partial charge on any atom is 0.320 e. The van der Waals surface area contributed by atoms with Gasteiger partial charge < -0.3 is 5.73 Å². The third-order valence-electron chi connectivity index (χ3n) is 2.88. The predicted octanol–water partition coefficient (Wildman–Crippen LogP) is 3.72. The van der Waals surface area contributed by atoms with Crippen LogP contribution in [0.5, 0.6) is 0 Å². The van der Waals surface area contributed by atoms with Gasteiger partial charge in [0.15, 0.2) is 4.34 Å². The van der Waals surface area contributed by atoms with E-state index in [1.54, 1.807) is 24.3 Å². The Morgan fingerprint density at radius 2 is 2.05 bits per heavy atom. The number of anilines is 1. The highest BCUT2D eigenvalue weighted by atomic mass is 32.2. The average molecular weight is 327 g/mol. The molecule has 0 unspecified atom stereocenters. The Labute approximate surface area is 127 Å². The predicted molar refractivity (Wildman–Crippen MR) is 79.6 cm³/mol. The summed E-state index contributed by atoms with van der Waals surface area (Å²) >= 11 is 2.54. The van der Waals surface area contributed by atoms with E-state index in [2.05, 4.69) is 15.2 Å². The second-order valence-electron chi connectivity index (χ2n) is 4.27. The summed E-state index contributed by atoms with van der Waals surface area (Å²) in [5, 5.41) is 7.67. The largest absolute Gasteiger partial charge is 0.374 e. The number of hydrogen-bond acceptors (Lipinski definition) is 6. The van der Waals surface area contributed by atoms with Crippen molar-refractivity contribution in [1.29, 1.82) is 0 Å². The van der Waals surface area contributed by atoms with Crippen LogP contribution in [-0.2, 0) is 0 Å². The van der Waals surface area contributed by atoms with Gasteiger partial charge in [-0.3, -0.25) is 4.57 Å². The quantitative estimate of drug-likeness (QED) is 0.740. The number of thioether (sulfide) groups is 1. The number of para-hydroxylation sites is 2. The summed E-state index contributed by atoms with van der Waals surface area (Å²) in [5.41, 5.74) is 6.50. The number of fused-ring (bicyclic) bond motifs is 1. The third kappa shape index (κ3) is 2.70. The molecule has 0 fully saturated rings. The highest BCUT2D eigenvalue weighted by molar-refractivity contribution is 8.01. The fourth-order valence-electron chi connectivity index (χ4n) is 2.03. The zero-order chi connectivity index (χ0) is 15.0. The number of nitrogen functional groups attached to an aromatic ring is 1. The lowest BCUT2D eigenvalue weighted by Crippen LogP contribution is -2.06. The van der Waals surface area contributed by atoms with Crippen molar-refractivity contribution >= 4 is 39.3 Å². The van der Waals surface area contributed by atoms with E-state index in [0.717, 1.165) is 4.57 Å². The molecule has 5 nitrogen and oxygen atoms in total. The minimum absolute atomic E-state index is 0.293. The van der Waals surface area contributed by atoms with Crippen molar-refractivity contribution in [2.75, 3.05) is 5.73 Å². The topological polar surface area (TPSA) is 69.6 Å². The molecule has 0 aliphatic heterocycles. The maximum atomic E-state index is 13.4. The molecular weight excluding hydrogens is 316 g/mol. The molecule has 2 aromatic heterocycles. The minimum Gasteiger partial charge on any atom is -0.374 e. The molecule has 0 amide bonds. The lowest BCUT2D eigenvalue weighted by Gasteiger charge is -2.12. The van der Waals surface area contributed by atoms with Crippen molar-refractivity contribution in [3.05, 3.63) is 30.1 Å². The van der Waals surface area contributed by atoms with Crippen LogP contribution in [0.25, 0.3) is 11.0 Å². The van der Waals surface area contributed by atoms with Crippen molar-refractivity contribution in [1.82, 2.24) is 19.7 Å². The van der Waals surface area contributed by atoms with Gasteiger partial charge in [0.05, 0.1) is 16.3 Å². The Morgan fingerprint density at radius 3 is 2.71 bits per heavy atom. The first-order valence-electron chi connectivity index (χ1n) is 6.07. The van der Waals surface area contributed by atoms with Crippen LogP contribution in [0.1, 0.15) is 24.5 Å². The van der Waals surface area contributed by atoms with Crippen LogP contribution < -0.4 is 5.73 Å². The van der Waals surface area contributed by atoms with Crippen LogP contribution in [-0.4, -0.2) is 19.7 Å². The molecule has 3 rings (SSSR count). The number of nitrogens with two attached hydrogens (primary N) is 1. The van der Waals surface area contributed by atoms with Gasteiger partial charge in [0.2, 0.25) is 5.13 Å². The molecule has 0 radical (unpaired) electrons. The number of nitrogens with zero attached hydrogens (tertiary/aromatic N) is 4. The second kappa shape index (κ2) is 5.57. The zero-order valence-electron chi connectivity index (χ0n) is 10.9. The second-order valence-corrected chi connectivity index (χ2v) is 6.87. The lowest BCUT2D eigenvalue weighted by atomic mass is 10.3. The van der Waals surface area contributed by atoms with E-state index < -0.39 is 6.55 Å². The lowest BCUT2D eigenvalue weighted by molar-refractivity contribution is 0.0715. The first-order chi connectivity index (χ1) is 10.1. The van der Waals surface area contributed by atoms with Crippen LogP contribution in [0.3, 0.4) is 0 Å². The molecule has 1 aromatic carbocycles. The third-order valence-corrected chi connectivity index (χ3v) is 4.81. The van der Waals surface area contributed by atoms with Crippen LogP contribution in [0.2, 0.25) is 0 Å². The first kappa shape index (κ1) is 14.2. The summed E-state index contributed by atoms with van der Waals surface area (Å²) in [6, 6.07) is 6.85. The Balaban J connectivity index is 2.00. The first-order valence-corrected chi connectivity index (χ1v) is 7.76. The van der Waals surface area contributed by atoms with E-state index in [1.807, 2.05) is 6.92 Å². The molecular formula is C12H11F2N5S2. The van der Waals surface area contributed by atoms with Crippen molar-refractivity contribution < 1.29 is 8.78 Å². The van der Waals surface area contributed by atoms with Gasteiger partial charge in [-0.25, -0.2) is 4.98 Å². The maximum absolute atomic E-state index is 13.4. The van der Waals surface area contributed by atoms with E-state index >= 15 is 0 Å². The van der Waals surface area contributed by atoms with Gasteiger partial charge in [-0.1, -0.05) is 35.2 Å². The average Bonchev–Trinajstić information content (AvgIpc) is 3.02.